The van der Waals surface area contributed by atoms with Crippen LogP contribution in [0.2, 0.25) is 0 Å². The number of ether oxygens (including phenoxy) is 2. The number of esters is 2. The first-order chi connectivity index (χ1) is 37.6. The molecule has 0 radical (unpaired) electrons. The van der Waals surface area contributed by atoms with E-state index in [4.69, 9.17) is 9.47 Å². The van der Waals surface area contributed by atoms with E-state index in [2.05, 4.69) is 98.9 Å². The van der Waals surface area contributed by atoms with Crippen LogP contribution in [0.5, 0.6) is 0 Å². The molecular weight excluding hydrogens is 933 g/mol. The number of carbonyl (C=O) groups excluding carboxylic acids is 2. The highest BCUT2D eigenvalue weighted by atomic mass is 16.6. The lowest BCUT2D eigenvalue weighted by atomic mass is 10.0. The molecule has 440 valence electrons. The SMILES string of the molecule is CC/C=C\C/C=C\C/C=C\C/C=C\C/C=C\C/C=C\C/C=C\CCCCCC(=O)OC(CO)COC(=O)CCCCCCCCCCCCCCCCCCCCCCCCCCCCCCCCCCCCCCC. The van der Waals surface area contributed by atoms with E-state index < -0.39 is 6.10 Å². The number of allylic oxidation sites excluding steroid dienone is 14. The minimum Gasteiger partial charge on any atom is -0.462 e. The Balaban J connectivity index is 3.46. The van der Waals surface area contributed by atoms with E-state index in [0.29, 0.717) is 12.8 Å². The van der Waals surface area contributed by atoms with Crippen LogP contribution < -0.4 is 0 Å². The normalized spacial score (nSPS) is 12.7. The number of unbranched alkanes of at least 4 members (excludes halogenated alkanes) is 39. The van der Waals surface area contributed by atoms with Gasteiger partial charge in [0.05, 0.1) is 6.61 Å². The Morgan fingerprint density at radius 2 is 0.566 bits per heavy atom. The van der Waals surface area contributed by atoms with Crippen LogP contribution in [0.4, 0.5) is 0 Å². The smallest absolute Gasteiger partial charge is 0.306 e. The number of rotatable bonds is 61. The average Bonchev–Trinajstić information content (AvgIpc) is 3.42. The fourth-order valence-electron chi connectivity index (χ4n) is 9.78. The standard InChI is InChI=1S/C71H126O5/c1-3-5-7-9-11-13-15-17-19-21-23-25-27-29-30-31-32-33-34-35-36-37-38-39-40-42-43-45-47-49-51-53-55-57-59-61-63-65-70(73)75-68-69(67-72)76-71(74)66-64-62-60-58-56-54-52-50-48-46-44-41-28-26-24-22-20-18-16-14-12-10-8-6-4-2/h6,8,12,14,18,20,24,26,41,44,48,50,54,56,69,72H,3-5,7,9-11,13,15-17,19,21-23,25,27-40,42-43,45-47,49,51-53,55,57-68H2,1-2H3/b8-6-,14-12-,20-18-,26-24-,44-41-,50-48-,56-54-. The molecule has 0 aliphatic heterocycles. The van der Waals surface area contributed by atoms with Gasteiger partial charge in [-0.2, -0.15) is 0 Å². The second-order valence-corrected chi connectivity index (χ2v) is 22.2. The summed E-state index contributed by atoms with van der Waals surface area (Å²) in [5, 5.41) is 9.67. The van der Waals surface area contributed by atoms with Crippen LogP contribution in [0, 0.1) is 0 Å². The zero-order valence-electron chi connectivity index (χ0n) is 50.5. The van der Waals surface area contributed by atoms with E-state index in [9.17, 15) is 14.7 Å². The molecule has 1 N–H and O–H groups in total. The molecule has 0 bridgehead atoms. The summed E-state index contributed by atoms with van der Waals surface area (Å²) in [4.78, 5) is 24.6. The maximum atomic E-state index is 12.3. The van der Waals surface area contributed by atoms with E-state index in [0.717, 1.165) is 89.9 Å². The second kappa shape index (κ2) is 66.4. The van der Waals surface area contributed by atoms with Gasteiger partial charge >= 0.3 is 11.9 Å². The predicted molar refractivity (Wildman–Crippen MR) is 334 cm³/mol. The van der Waals surface area contributed by atoms with Crippen molar-refractivity contribution in [2.75, 3.05) is 13.2 Å². The molecule has 0 aromatic carbocycles. The molecule has 0 spiro atoms. The highest BCUT2D eigenvalue weighted by Gasteiger charge is 2.16. The first kappa shape index (κ1) is 73.1. The molecule has 76 heavy (non-hydrogen) atoms. The first-order valence-corrected chi connectivity index (χ1v) is 33.1. The Labute approximate surface area is 473 Å². The van der Waals surface area contributed by atoms with Gasteiger partial charge in [0.15, 0.2) is 6.10 Å². The largest absolute Gasteiger partial charge is 0.462 e. The summed E-state index contributed by atoms with van der Waals surface area (Å²) >= 11 is 0. The Kier molecular flexibility index (Phi) is 63.8. The number of hydrogen-bond donors (Lipinski definition) is 1. The molecule has 0 aromatic rings. The molecule has 0 saturated heterocycles. The van der Waals surface area contributed by atoms with Crippen molar-refractivity contribution < 1.29 is 24.2 Å². The van der Waals surface area contributed by atoms with Crippen molar-refractivity contribution in [1.82, 2.24) is 0 Å². The van der Waals surface area contributed by atoms with Gasteiger partial charge in [-0.25, -0.2) is 0 Å². The number of aliphatic hydroxyl groups excluding tert-OH is 1. The molecule has 0 aliphatic carbocycles. The van der Waals surface area contributed by atoms with Crippen molar-refractivity contribution in [1.29, 1.82) is 0 Å². The summed E-state index contributed by atoms with van der Waals surface area (Å²) < 4.78 is 10.7. The van der Waals surface area contributed by atoms with E-state index in [1.165, 1.54) is 218 Å². The van der Waals surface area contributed by atoms with Crippen LogP contribution >= 0.6 is 0 Å². The monoisotopic (exact) mass is 1060 g/mol. The summed E-state index contributed by atoms with van der Waals surface area (Å²) in [6, 6.07) is 0. The van der Waals surface area contributed by atoms with Crippen molar-refractivity contribution in [3.63, 3.8) is 0 Å². The molecular formula is C71H126O5. The highest BCUT2D eigenvalue weighted by molar-refractivity contribution is 5.70. The Bertz CT molecular complexity index is 1380. The van der Waals surface area contributed by atoms with Crippen molar-refractivity contribution in [3.05, 3.63) is 85.1 Å². The number of hydrogen-bond acceptors (Lipinski definition) is 5. The maximum Gasteiger partial charge on any atom is 0.306 e. The van der Waals surface area contributed by atoms with Crippen LogP contribution in [-0.4, -0.2) is 36.4 Å². The van der Waals surface area contributed by atoms with Crippen LogP contribution in [0.25, 0.3) is 0 Å². The van der Waals surface area contributed by atoms with Gasteiger partial charge in [-0.15, -0.1) is 0 Å². The van der Waals surface area contributed by atoms with Gasteiger partial charge in [-0.05, 0) is 70.6 Å². The van der Waals surface area contributed by atoms with Gasteiger partial charge in [0.2, 0.25) is 0 Å². The Morgan fingerprint density at radius 3 is 0.855 bits per heavy atom. The van der Waals surface area contributed by atoms with Crippen molar-refractivity contribution in [2.24, 2.45) is 0 Å². The van der Waals surface area contributed by atoms with Gasteiger partial charge in [-0.1, -0.05) is 336 Å². The predicted octanol–water partition coefficient (Wildman–Crippen LogP) is 22.9. The molecule has 1 unspecified atom stereocenters. The molecule has 0 aromatic heterocycles. The summed E-state index contributed by atoms with van der Waals surface area (Å²) in [5.41, 5.74) is 0. The third kappa shape index (κ3) is 63.6. The molecule has 5 heteroatoms. The van der Waals surface area contributed by atoms with Crippen molar-refractivity contribution >= 4 is 11.9 Å². The average molecular weight is 1060 g/mol. The summed E-state index contributed by atoms with van der Waals surface area (Å²) in [5.74, 6) is -0.621. The van der Waals surface area contributed by atoms with Crippen LogP contribution in [0.15, 0.2) is 85.1 Å². The van der Waals surface area contributed by atoms with Gasteiger partial charge in [0.1, 0.15) is 6.61 Å². The lowest BCUT2D eigenvalue weighted by Crippen LogP contribution is -2.28. The number of aliphatic hydroxyl groups is 1. The van der Waals surface area contributed by atoms with Crippen LogP contribution in [0.3, 0.4) is 0 Å². The highest BCUT2D eigenvalue weighted by Crippen LogP contribution is 2.18. The van der Waals surface area contributed by atoms with Crippen LogP contribution in [0.1, 0.15) is 335 Å². The summed E-state index contributed by atoms with van der Waals surface area (Å²) in [6.07, 6.45) is 93.3. The second-order valence-electron chi connectivity index (χ2n) is 22.2. The first-order valence-electron chi connectivity index (χ1n) is 33.1. The molecule has 5 nitrogen and oxygen atoms in total. The minimum atomic E-state index is -0.795. The fourth-order valence-corrected chi connectivity index (χ4v) is 9.78. The molecule has 0 heterocycles. The van der Waals surface area contributed by atoms with Gasteiger partial charge < -0.3 is 14.6 Å². The zero-order valence-corrected chi connectivity index (χ0v) is 50.5. The minimum absolute atomic E-state index is 0.0810. The topological polar surface area (TPSA) is 72.8 Å². The summed E-state index contributed by atoms with van der Waals surface area (Å²) in [6.45, 7) is 4.04. The van der Waals surface area contributed by atoms with E-state index in [1.54, 1.807) is 0 Å². The maximum absolute atomic E-state index is 12.3. The quantitative estimate of drug-likeness (QED) is 0.0373. The van der Waals surface area contributed by atoms with Gasteiger partial charge in [-0.3, -0.25) is 9.59 Å². The van der Waals surface area contributed by atoms with E-state index >= 15 is 0 Å². The molecule has 1 atom stereocenters. The molecule has 0 fully saturated rings. The van der Waals surface area contributed by atoms with Crippen LogP contribution in [-0.2, 0) is 19.1 Å². The van der Waals surface area contributed by atoms with E-state index in [1.807, 2.05) is 0 Å². The lowest BCUT2D eigenvalue weighted by Gasteiger charge is -2.15. The Morgan fingerprint density at radius 1 is 0.316 bits per heavy atom. The Hall–Kier alpha value is -2.92. The third-order valence-electron chi connectivity index (χ3n) is 14.7. The molecule has 0 rings (SSSR count). The van der Waals surface area contributed by atoms with Gasteiger partial charge in [0, 0.05) is 12.8 Å². The van der Waals surface area contributed by atoms with Crippen molar-refractivity contribution in [3.8, 4) is 0 Å². The number of carbonyl (C=O) groups is 2. The van der Waals surface area contributed by atoms with E-state index in [-0.39, 0.29) is 25.2 Å². The third-order valence-corrected chi connectivity index (χ3v) is 14.7. The fraction of sp³-hybridized carbons (Fsp3) is 0.775. The molecule has 0 saturated carbocycles. The van der Waals surface area contributed by atoms with Crippen molar-refractivity contribution in [2.45, 2.75) is 341 Å². The summed E-state index contributed by atoms with van der Waals surface area (Å²) in [7, 11) is 0. The van der Waals surface area contributed by atoms with Gasteiger partial charge in [0.25, 0.3) is 0 Å². The molecule has 0 aliphatic rings. The molecule has 0 amide bonds. The zero-order chi connectivity index (χ0) is 54.8. The lowest BCUT2D eigenvalue weighted by molar-refractivity contribution is -0.161.